The number of carbonyl (C=O) groups is 2. The molecule has 0 saturated heterocycles. The lowest BCUT2D eigenvalue weighted by atomic mass is 9.33. The lowest BCUT2D eigenvalue weighted by Gasteiger charge is -2.70. The molecule has 4 nitrogen and oxygen atoms in total. The van der Waals surface area contributed by atoms with Gasteiger partial charge in [0.1, 0.15) is 0 Å². The minimum absolute atomic E-state index is 0.0575. The van der Waals surface area contributed by atoms with E-state index in [0.717, 1.165) is 25.3 Å². The fraction of sp³-hybridized carbons (Fsp3) is 0.818. The molecule has 0 radical (unpaired) electrons. The normalized spacial score (nSPS) is 25.0. The third-order valence-electron chi connectivity index (χ3n) is 6.88. The highest BCUT2D eigenvalue weighted by Gasteiger charge is 2.69. The molecule has 2 N–H and O–H groups in total. The van der Waals surface area contributed by atoms with Crippen LogP contribution in [0, 0.1) is 27.1 Å². The fourth-order valence-corrected chi connectivity index (χ4v) is 6.64. The molecule has 0 aromatic carbocycles. The summed E-state index contributed by atoms with van der Waals surface area (Å²) in [7, 11) is 0. The molecule has 150 valence electrons. The van der Waals surface area contributed by atoms with Crippen molar-refractivity contribution in [3.8, 4) is 0 Å². The van der Waals surface area contributed by atoms with E-state index < -0.39 is 22.8 Å². The average molecular weight is 367 g/mol. The van der Waals surface area contributed by atoms with Gasteiger partial charge >= 0.3 is 11.9 Å². The second kappa shape index (κ2) is 6.69. The molecule has 4 heteroatoms. The SMILES string of the molecule is CC(C)(C)C1(/C(=C\C(=O)O)C(=O)O)CCCCC1(C(C)(C)C)C(C)(C)C. The van der Waals surface area contributed by atoms with E-state index in [0.29, 0.717) is 6.42 Å². The zero-order chi connectivity index (χ0) is 20.8. The predicted molar refractivity (Wildman–Crippen MR) is 105 cm³/mol. The Bertz CT molecular complexity index is 579. The Kier molecular flexibility index (Phi) is 5.84. The van der Waals surface area contributed by atoms with Crippen LogP contribution in [-0.2, 0) is 9.59 Å². The van der Waals surface area contributed by atoms with Crippen LogP contribution in [0.15, 0.2) is 11.6 Å². The Morgan fingerprint density at radius 1 is 0.769 bits per heavy atom. The quantitative estimate of drug-likeness (QED) is 0.622. The summed E-state index contributed by atoms with van der Waals surface area (Å²) in [4.78, 5) is 24.0. The van der Waals surface area contributed by atoms with E-state index in [-0.39, 0.29) is 21.8 Å². The van der Waals surface area contributed by atoms with Crippen molar-refractivity contribution < 1.29 is 19.8 Å². The second-order valence-corrected chi connectivity index (χ2v) is 11.0. The lowest BCUT2D eigenvalue weighted by Crippen LogP contribution is -2.65. The third kappa shape index (κ3) is 3.20. The van der Waals surface area contributed by atoms with E-state index in [2.05, 4.69) is 62.3 Å². The van der Waals surface area contributed by atoms with Crippen LogP contribution >= 0.6 is 0 Å². The van der Waals surface area contributed by atoms with Crippen LogP contribution < -0.4 is 0 Å². The average Bonchev–Trinajstić information content (AvgIpc) is 2.40. The molecule has 1 aliphatic rings. The van der Waals surface area contributed by atoms with Gasteiger partial charge in [0.25, 0.3) is 0 Å². The van der Waals surface area contributed by atoms with Crippen LogP contribution in [0.1, 0.15) is 88.0 Å². The summed E-state index contributed by atoms with van der Waals surface area (Å²) in [6, 6.07) is 0. The summed E-state index contributed by atoms with van der Waals surface area (Å²) in [5, 5.41) is 19.6. The van der Waals surface area contributed by atoms with Crippen molar-refractivity contribution in [2.45, 2.75) is 88.0 Å². The minimum Gasteiger partial charge on any atom is -0.478 e. The maximum absolute atomic E-state index is 12.4. The first-order valence-electron chi connectivity index (χ1n) is 9.64. The molecule has 0 amide bonds. The van der Waals surface area contributed by atoms with Crippen molar-refractivity contribution in [3.05, 3.63) is 11.6 Å². The molecule has 1 unspecified atom stereocenters. The van der Waals surface area contributed by atoms with Crippen LogP contribution in [0.2, 0.25) is 0 Å². The van der Waals surface area contributed by atoms with Gasteiger partial charge in [-0.05, 0) is 34.5 Å². The van der Waals surface area contributed by atoms with Crippen molar-refractivity contribution in [1.29, 1.82) is 0 Å². The van der Waals surface area contributed by atoms with E-state index in [1.807, 2.05) is 0 Å². The molecule has 1 atom stereocenters. The lowest BCUT2D eigenvalue weighted by molar-refractivity contribution is -0.200. The summed E-state index contributed by atoms with van der Waals surface area (Å²) in [6.45, 7) is 19.3. The molecule has 1 saturated carbocycles. The standard InChI is InChI=1S/C22H38O4/c1-18(2,3)21(15(17(25)26)14-16(23)24)12-10-11-13-22(21,19(4,5)6)20(7,8)9/h14H,10-13H2,1-9H3,(H,23,24)(H,25,26)/b15-14-. The van der Waals surface area contributed by atoms with Crippen molar-refractivity contribution >= 4 is 11.9 Å². The Labute approximate surface area is 159 Å². The highest BCUT2D eigenvalue weighted by atomic mass is 16.4. The van der Waals surface area contributed by atoms with Gasteiger partial charge in [0.15, 0.2) is 0 Å². The molecule has 0 spiro atoms. The summed E-state index contributed by atoms with van der Waals surface area (Å²) in [5.74, 6) is -2.30. The Morgan fingerprint density at radius 3 is 1.50 bits per heavy atom. The van der Waals surface area contributed by atoms with Gasteiger partial charge in [-0.3, -0.25) is 0 Å². The summed E-state index contributed by atoms with van der Waals surface area (Å²) in [6.07, 6.45) is 4.49. The van der Waals surface area contributed by atoms with Crippen LogP contribution in [0.5, 0.6) is 0 Å². The molecular weight excluding hydrogens is 328 g/mol. The van der Waals surface area contributed by atoms with Gasteiger partial charge in [-0.1, -0.05) is 75.2 Å². The van der Waals surface area contributed by atoms with E-state index in [4.69, 9.17) is 0 Å². The van der Waals surface area contributed by atoms with Crippen LogP contribution in [0.3, 0.4) is 0 Å². The molecule has 0 aromatic rings. The second-order valence-electron chi connectivity index (χ2n) is 11.0. The number of carboxylic acids is 2. The zero-order valence-corrected chi connectivity index (χ0v) is 18.1. The maximum Gasteiger partial charge on any atom is 0.332 e. The van der Waals surface area contributed by atoms with Crippen LogP contribution in [0.25, 0.3) is 0 Å². The van der Waals surface area contributed by atoms with Gasteiger partial charge in [-0.15, -0.1) is 0 Å². The van der Waals surface area contributed by atoms with Crippen LogP contribution in [-0.4, -0.2) is 22.2 Å². The summed E-state index contributed by atoms with van der Waals surface area (Å²) in [5.41, 5.74) is -1.88. The Hall–Kier alpha value is -1.32. The molecule has 0 aromatic heterocycles. The number of carboxylic acid groups (broad SMARTS) is 2. The first-order chi connectivity index (χ1) is 11.5. The van der Waals surface area contributed by atoms with E-state index in [1.54, 1.807) is 0 Å². The molecule has 0 aliphatic heterocycles. The first-order valence-corrected chi connectivity index (χ1v) is 9.64. The number of hydrogen-bond donors (Lipinski definition) is 2. The first kappa shape index (κ1) is 22.7. The fourth-order valence-electron chi connectivity index (χ4n) is 6.64. The van der Waals surface area contributed by atoms with E-state index >= 15 is 0 Å². The Morgan fingerprint density at radius 2 is 1.19 bits per heavy atom. The highest BCUT2D eigenvalue weighted by Crippen LogP contribution is 2.74. The largest absolute Gasteiger partial charge is 0.478 e. The molecular formula is C22H38O4. The molecule has 1 aliphatic carbocycles. The summed E-state index contributed by atoms with van der Waals surface area (Å²) < 4.78 is 0. The maximum atomic E-state index is 12.4. The molecule has 0 heterocycles. The van der Waals surface area contributed by atoms with Gasteiger partial charge in [0, 0.05) is 11.5 Å². The zero-order valence-electron chi connectivity index (χ0n) is 18.1. The smallest absolute Gasteiger partial charge is 0.332 e. The van der Waals surface area contributed by atoms with Gasteiger partial charge in [0.2, 0.25) is 0 Å². The van der Waals surface area contributed by atoms with E-state index in [1.165, 1.54) is 0 Å². The monoisotopic (exact) mass is 366 g/mol. The highest BCUT2D eigenvalue weighted by molar-refractivity contribution is 5.96. The van der Waals surface area contributed by atoms with Gasteiger partial charge < -0.3 is 10.2 Å². The molecule has 1 rings (SSSR count). The van der Waals surface area contributed by atoms with Gasteiger partial charge in [-0.2, -0.15) is 0 Å². The van der Waals surface area contributed by atoms with Crippen molar-refractivity contribution in [1.82, 2.24) is 0 Å². The van der Waals surface area contributed by atoms with Gasteiger partial charge in [0.05, 0.1) is 5.57 Å². The van der Waals surface area contributed by atoms with Crippen LogP contribution in [0.4, 0.5) is 0 Å². The van der Waals surface area contributed by atoms with Crippen molar-refractivity contribution in [2.24, 2.45) is 27.1 Å². The topological polar surface area (TPSA) is 74.6 Å². The minimum atomic E-state index is -1.19. The molecule has 1 fully saturated rings. The van der Waals surface area contributed by atoms with Gasteiger partial charge in [-0.25, -0.2) is 9.59 Å². The Balaban J connectivity index is 4.15. The molecule has 0 bridgehead atoms. The van der Waals surface area contributed by atoms with Crippen molar-refractivity contribution in [2.75, 3.05) is 0 Å². The number of aliphatic carboxylic acids is 2. The van der Waals surface area contributed by atoms with Crippen molar-refractivity contribution in [3.63, 3.8) is 0 Å². The van der Waals surface area contributed by atoms with E-state index in [9.17, 15) is 19.8 Å². The third-order valence-corrected chi connectivity index (χ3v) is 6.88. The number of rotatable bonds is 3. The predicted octanol–water partition coefficient (Wildman–Crippen LogP) is 5.77. The molecule has 26 heavy (non-hydrogen) atoms. The number of hydrogen-bond acceptors (Lipinski definition) is 2. The summed E-state index contributed by atoms with van der Waals surface area (Å²) >= 11 is 0.